The summed E-state index contributed by atoms with van der Waals surface area (Å²) >= 11 is 5.79. The van der Waals surface area contributed by atoms with Gasteiger partial charge in [0.1, 0.15) is 0 Å². The van der Waals surface area contributed by atoms with E-state index >= 15 is 0 Å². The highest BCUT2D eigenvalue weighted by Gasteiger charge is 2.23. The Morgan fingerprint density at radius 3 is 2.19 bits per heavy atom. The second kappa shape index (κ2) is 5.17. The van der Waals surface area contributed by atoms with Crippen molar-refractivity contribution in [1.29, 1.82) is 0 Å². The number of hydrogen-bond donors (Lipinski definition) is 2. The van der Waals surface area contributed by atoms with Gasteiger partial charge in [0.05, 0.1) is 6.10 Å². The van der Waals surface area contributed by atoms with E-state index in [0.29, 0.717) is 11.4 Å². The van der Waals surface area contributed by atoms with Gasteiger partial charge in [-0.3, -0.25) is 0 Å². The van der Waals surface area contributed by atoms with Crippen LogP contribution in [0.1, 0.15) is 38.9 Å². The molecule has 1 aromatic carbocycles. The summed E-state index contributed by atoms with van der Waals surface area (Å²) < 4.78 is 0. The highest BCUT2D eigenvalue weighted by molar-refractivity contribution is 6.30. The van der Waals surface area contributed by atoms with Crippen LogP contribution >= 0.6 is 11.6 Å². The average Bonchev–Trinajstić information content (AvgIpc) is 2.17. The molecule has 3 N–H and O–H groups in total. The van der Waals surface area contributed by atoms with Gasteiger partial charge < -0.3 is 10.8 Å². The maximum atomic E-state index is 10.0. The van der Waals surface area contributed by atoms with Crippen LogP contribution in [-0.2, 0) is 0 Å². The van der Waals surface area contributed by atoms with Crippen molar-refractivity contribution in [3.63, 3.8) is 0 Å². The molecule has 0 saturated carbocycles. The molecule has 0 bridgehead atoms. The van der Waals surface area contributed by atoms with E-state index in [1.54, 1.807) is 12.1 Å². The van der Waals surface area contributed by atoms with Crippen molar-refractivity contribution in [3.8, 4) is 0 Å². The molecule has 0 spiro atoms. The highest BCUT2D eigenvalue weighted by Crippen LogP contribution is 2.27. The molecular formula is C13H20ClNO. The fourth-order valence-electron chi connectivity index (χ4n) is 1.42. The number of aliphatic hydroxyl groups excluding tert-OH is 1. The standard InChI is InChI=1S/C13H20ClNO/c1-13(2,3)12(15)8-11(16)9-4-6-10(14)7-5-9/h4-7,11-12,16H,8,15H2,1-3H3/t11-,12-/m1/s1. The minimum absolute atomic E-state index is 0.00735. The summed E-state index contributed by atoms with van der Waals surface area (Å²) in [6, 6.07) is 7.20. The Morgan fingerprint density at radius 1 is 1.25 bits per heavy atom. The zero-order valence-electron chi connectivity index (χ0n) is 10.1. The summed E-state index contributed by atoms with van der Waals surface area (Å²) in [6.45, 7) is 6.23. The molecule has 1 rings (SSSR count). The lowest BCUT2D eigenvalue weighted by Crippen LogP contribution is -2.36. The number of aliphatic hydroxyl groups is 1. The minimum Gasteiger partial charge on any atom is -0.388 e. The van der Waals surface area contributed by atoms with E-state index in [2.05, 4.69) is 20.8 Å². The fourth-order valence-corrected chi connectivity index (χ4v) is 1.54. The average molecular weight is 242 g/mol. The molecule has 0 heterocycles. The molecule has 90 valence electrons. The first-order valence-corrected chi connectivity index (χ1v) is 5.87. The van der Waals surface area contributed by atoms with Gasteiger partial charge in [0.2, 0.25) is 0 Å². The van der Waals surface area contributed by atoms with E-state index in [0.717, 1.165) is 5.56 Å². The van der Waals surface area contributed by atoms with Crippen molar-refractivity contribution < 1.29 is 5.11 Å². The van der Waals surface area contributed by atoms with E-state index in [-0.39, 0.29) is 11.5 Å². The van der Waals surface area contributed by atoms with Gasteiger partial charge in [-0.25, -0.2) is 0 Å². The SMILES string of the molecule is CC(C)(C)[C@H](N)C[C@@H](O)c1ccc(Cl)cc1. The van der Waals surface area contributed by atoms with Crippen LogP contribution in [0.25, 0.3) is 0 Å². The number of rotatable bonds is 3. The fraction of sp³-hybridized carbons (Fsp3) is 0.538. The number of halogens is 1. The molecule has 1 aromatic rings. The normalized spacial score (nSPS) is 15.9. The predicted molar refractivity (Wildman–Crippen MR) is 68.5 cm³/mol. The number of nitrogens with two attached hydrogens (primary N) is 1. The molecule has 16 heavy (non-hydrogen) atoms. The van der Waals surface area contributed by atoms with Crippen LogP contribution in [0.4, 0.5) is 0 Å². The molecule has 0 unspecified atom stereocenters. The lowest BCUT2D eigenvalue weighted by atomic mass is 9.83. The molecular weight excluding hydrogens is 222 g/mol. The van der Waals surface area contributed by atoms with Crippen LogP contribution in [0.3, 0.4) is 0 Å². The summed E-state index contributed by atoms with van der Waals surface area (Å²) in [6.07, 6.45) is 0.0389. The van der Waals surface area contributed by atoms with Gasteiger partial charge >= 0.3 is 0 Å². The zero-order chi connectivity index (χ0) is 12.3. The monoisotopic (exact) mass is 241 g/mol. The molecule has 0 aliphatic rings. The zero-order valence-corrected chi connectivity index (χ0v) is 10.8. The summed E-state index contributed by atoms with van der Waals surface area (Å²) in [5.74, 6) is 0. The Bertz CT molecular complexity index is 329. The second-order valence-electron chi connectivity index (χ2n) is 5.28. The number of hydrogen-bond acceptors (Lipinski definition) is 2. The van der Waals surface area contributed by atoms with Gasteiger partial charge in [-0.15, -0.1) is 0 Å². The maximum Gasteiger partial charge on any atom is 0.0805 e. The minimum atomic E-state index is -0.522. The van der Waals surface area contributed by atoms with Crippen molar-refractivity contribution in [2.45, 2.75) is 39.3 Å². The van der Waals surface area contributed by atoms with E-state index in [1.807, 2.05) is 12.1 Å². The van der Waals surface area contributed by atoms with Crippen LogP contribution in [0.2, 0.25) is 5.02 Å². The van der Waals surface area contributed by atoms with Crippen LogP contribution in [-0.4, -0.2) is 11.1 Å². The quantitative estimate of drug-likeness (QED) is 0.854. The molecule has 2 nitrogen and oxygen atoms in total. The predicted octanol–water partition coefficient (Wildman–Crippen LogP) is 3.14. The Kier molecular flexibility index (Phi) is 4.36. The van der Waals surface area contributed by atoms with Gasteiger partial charge in [0, 0.05) is 11.1 Å². The van der Waals surface area contributed by atoms with Gasteiger partial charge in [0.15, 0.2) is 0 Å². The second-order valence-corrected chi connectivity index (χ2v) is 5.71. The summed E-state index contributed by atoms with van der Waals surface area (Å²) in [4.78, 5) is 0. The van der Waals surface area contributed by atoms with E-state index in [1.165, 1.54) is 0 Å². The Hall–Kier alpha value is -0.570. The molecule has 0 aliphatic heterocycles. The Morgan fingerprint density at radius 2 is 1.75 bits per heavy atom. The molecule has 0 amide bonds. The molecule has 2 atom stereocenters. The summed E-state index contributed by atoms with van der Waals surface area (Å²) in [7, 11) is 0. The van der Waals surface area contributed by atoms with Crippen molar-refractivity contribution in [2.75, 3.05) is 0 Å². The molecule has 0 radical (unpaired) electrons. The first-order valence-electron chi connectivity index (χ1n) is 5.50. The van der Waals surface area contributed by atoms with Crippen molar-refractivity contribution >= 4 is 11.6 Å². The van der Waals surface area contributed by atoms with E-state index in [9.17, 15) is 5.11 Å². The van der Waals surface area contributed by atoms with Crippen LogP contribution in [0.15, 0.2) is 24.3 Å². The van der Waals surface area contributed by atoms with Gasteiger partial charge in [-0.1, -0.05) is 44.5 Å². The van der Waals surface area contributed by atoms with Gasteiger partial charge in [-0.2, -0.15) is 0 Å². The highest BCUT2D eigenvalue weighted by atomic mass is 35.5. The summed E-state index contributed by atoms with van der Waals surface area (Å²) in [5, 5.41) is 10.7. The lowest BCUT2D eigenvalue weighted by molar-refractivity contribution is 0.133. The Labute approximate surface area is 102 Å². The summed E-state index contributed by atoms with van der Waals surface area (Å²) in [5.41, 5.74) is 6.91. The maximum absolute atomic E-state index is 10.0. The molecule has 0 aliphatic carbocycles. The van der Waals surface area contributed by atoms with Gasteiger partial charge in [-0.05, 0) is 29.5 Å². The van der Waals surface area contributed by atoms with Crippen molar-refractivity contribution in [2.24, 2.45) is 11.1 Å². The topological polar surface area (TPSA) is 46.2 Å². The molecule has 0 saturated heterocycles. The van der Waals surface area contributed by atoms with Gasteiger partial charge in [0.25, 0.3) is 0 Å². The molecule has 0 fully saturated rings. The van der Waals surface area contributed by atoms with Crippen molar-refractivity contribution in [1.82, 2.24) is 0 Å². The third-order valence-corrected chi connectivity index (χ3v) is 3.10. The smallest absolute Gasteiger partial charge is 0.0805 e. The third-order valence-electron chi connectivity index (χ3n) is 2.84. The van der Waals surface area contributed by atoms with Crippen molar-refractivity contribution in [3.05, 3.63) is 34.9 Å². The van der Waals surface area contributed by atoms with Crippen LogP contribution in [0, 0.1) is 5.41 Å². The van der Waals surface area contributed by atoms with Crippen LogP contribution in [0.5, 0.6) is 0 Å². The largest absolute Gasteiger partial charge is 0.388 e. The van der Waals surface area contributed by atoms with E-state index < -0.39 is 6.10 Å². The first kappa shape index (κ1) is 13.5. The third kappa shape index (κ3) is 3.78. The Balaban J connectivity index is 2.65. The first-order chi connectivity index (χ1) is 7.30. The molecule has 0 aromatic heterocycles. The molecule has 3 heteroatoms. The number of benzene rings is 1. The van der Waals surface area contributed by atoms with Crippen LogP contribution < -0.4 is 5.73 Å². The lowest BCUT2D eigenvalue weighted by Gasteiger charge is -2.29. The van der Waals surface area contributed by atoms with E-state index in [4.69, 9.17) is 17.3 Å².